The minimum absolute atomic E-state index is 0.0340. The summed E-state index contributed by atoms with van der Waals surface area (Å²) in [6.07, 6.45) is 1.75. The highest BCUT2D eigenvalue weighted by Gasteiger charge is 2.15. The van der Waals surface area contributed by atoms with Gasteiger partial charge in [0.2, 0.25) is 0 Å². The molecule has 1 N–H and O–H groups in total. The molecule has 0 unspecified atom stereocenters. The van der Waals surface area contributed by atoms with Gasteiger partial charge in [0.1, 0.15) is 0 Å². The van der Waals surface area contributed by atoms with Gasteiger partial charge in [0.15, 0.2) is 5.78 Å². The second-order valence-electron chi connectivity index (χ2n) is 4.47. The summed E-state index contributed by atoms with van der Waals surface area (Å²) in [5.41, 5.74) is 1.83. The Labute approximate surface area is 111 Å². The van der Waals surface area contributed by atoms with E-state index in [0.717, 1.165) is 5.69 Å². The fraction of sp³-hybridized carbons (Fsp3) is 0.286. The van der Waals surface area contributed by atoms with Crippen LogP contribution in [0.1, 0.15) is 16.1 Å². The second kappa shape index (κ2) is 5.24. The first-order valence-electron chi connectivity index (χ1n) is 6.08. The van der Waals surface area contributed by atoms with Gasteiger partial charge in [-0.2, -0.15) is 0 Å². The van der Waals surface area contributed by atoms with Gasteiger partial charge in [-0.05, 0) is 26.1 Å². The van der Waals surface area contributed by atoms with Gasteiger partial charge in [0.05, 0.1) is 12.2 Å². The van der Waals surface area contributed by atoms with E-state index in [-0.39, 0.29) is 18.0 Å². The predicted octanol–water partition coefficient (Wildman–Crippen LogP) is 0.887. The molecular weight excluding hydrogens is 242 g/mol. The Bertz CT molecular complexity index is 668. The lowest BCUT2D eigenvalue weighted by Crippen LogP contribution is -2.25. The van der Waals surface area contributed by atoms with Gasteiger partial charge < -0.3 is 9.88 Å². The van der Waals surface area contributed by atoms with Crippen LogP contribution in [0.3, 0.4) is 0 Å². The summed E-state index contributed by atoms with van der Waals surface area (Å²) in [4.78, 5) is 24.2. The number of para-hydroxylation sites is 1. The number of hydrogen-bond donors (Lipinski definition) is 1. The highest BCUT2D eigenvalue weighted by molar-refractivity contribution is 6.00. The third-order valence-corrected chi connectivity index (χ3v) is 3.01. The minimum atomic E-state index is -0.151. The molecule has 0 amide bonds. The molecule has 1 aromatic carbocycles. The third kappa shape index (κ3) is 2.37. The number of benzene rings is 1. The molecule has 0 fully saturated rings. The molecule has 2 rings (SSSR count). The van der Waals surface area contributed by atoms with E-state index < -0.39 is 0 Å². The predicted molar refractivity (Wildman–Crippen MR) is 74.0 cm³/mol. The van der Waals surface area contributed by atoms with E-state index in [1.54, 1.807) is 43.1 Å². The van der Waals surface area contributed by atoms with Crippen molar-refractivity contribution < 1.29 is 4.79 Å². The number of rotatable bonds is 4. The molecule has 0 aliphatic carbocycles. The summed E-state index contributed by atoms with van der Waals surface area (Å²) in [7, 11) is 3.42. The van der Waals surface area contributed by atoms with E-state index in [4.69, 9.17) is 0 Å². The molecule has 0 saturated carbocycles. The average Bonchev–Trinajstić information content (AvgIpc) is 2.63. The molecule has 19 heavy (non-hydrogen) atoms. The third-order valence-electron chi connectivity index (χ3n) is 3.01. The quantitative estimate of drug-likeness (QED) is 0.830. The molecule has 0 radical (unpaired) electrons. The van der Waals surface area contributed by atoms with Crippen LogP contribution in [0.4, 0.5) is 0 Å². The van der Waals surface area contributed by atoms with Gasteiger partial charge in [-0.15, -0.1) is 0 Å². The van der Waals surface area contributed by atoms with Gasteiger partial charge in [-0.3, -0.25) is 9.36 Å². The molecule has 2 aromatic rings. The number of likely N-dealkylation sites (N-methyl/N-ethyl adjacent to an activating group) is 1. The van der Waals surface area contributed by atoms with Crippen LogP contribution in [-0.2, 0) is 7.05 Å². The lowest BCUT2D eigenvalue weighted by molar-refractivity contribution is 0.0993. The average molecular weight is 259 g/mol. The first kappa shape index (κ1) is 13.3. The minimum Gasteiger partial charge on any atom is -0.313 e. The summed E-state index contributed by atoms with van der Waals surface area (Å²) < 4.78 is 3.07. The van der Waals surface area contributed by atoms with E-state index in [2.05, 4.69) is 5.32 Å². The fourth-order valence-electron chi connectivity index (χ4n) is 2.16. The number of nitrogens with one attached hydrogen (secondary N) is 1. The van der Waals surface area contributed by atoms with E-state index in [1.165, 1.54) is 4.57 Å². The van der Waals surface area contributed by atoms with Crippen molar-refractivity contribution in [1.29, 1.82) is 0 Å². The Balaban J connectivity index is 2.63. The Hall–Kier alpha value is -2.14. The number of nitrogens with zero attached hydrogens (tertiary/aromatic N) is 2. The Kier molecular flexibility index (Phi) is 3.66. The number of aromatic nitrogens is 2. The van der Waals surface area contributed by atoms with Crippen LogP contribution in [0.25, 0.3) is 5.69 Å². The normalized spacial score (nSPS) is 10.7. The number of carbonyl (C=O) groups excluding carboxylic acids is 1. The molecule has 0 spiro atoms. The van der Waals surface area contributed by atoms with Crippen molar-refractivity contribution in [2.45, 2.75) is 6.92 Å². The second-order valence-corrected chi connectivity index (χ2v) is 4.47. The zero-order valence-corrected chi connectivity index (χ0v) is 11.3. The van der Waals surface area contributed by atoms with Crippen LogP contribution in [0.2, 0.25) is 0 Å². The zero-order chi connectivity index (χ0) is 14.0. The smallest absolute Gasteiger partial charge is 0.313 e. The molecule has 5 heteroatoms. The van der Waals surface area contributed by atoms with Crippen molar-refractivity contribution in [3.8, 4) is 5.69 Å². The maximum Gasteiger partial charge on any atom is 0.332 e. The van der Waals surface area contributed by atoms with Crippen molar-refractivity contribution in [2.75, 3.05) is 13.6 Å². The summed E-state index contributed by atoms with van der Waals surface area (Å²) in [5, 5.41) is 2.84. The van der Waals surface area contributed by atoms with Crippen molar-refractivity contribution in [1.82, 2.24) is 14.5 Å². The number of Topliss-reactive ketones (excluding diaryl/α,β-unsaturated/α-hetero) is 1. The zero-order valence-electron chi connectivity index (χ0n) is 11.3. The molecule has 0 aliphatic heterocycles. The molecule has 0 saturated heterocycles. The summed E-state index contributed by atoms with van der Waals surface area (Å²) in [5.74, 6) is -0.0340. The fourth-order valence-corrected chi connectivity index (χ4v) is 2.16. The number of carbonyl (C=O) groups is 1. The van der Waals surface area contributed by atoms with E-state index in [0.29, 0.717) is 11.3 Å². The van der Waals surface area contributed by atoms with Gasteiger partial charge in [0.25, 0.3) is 0 Å². The SMILES string of the molecule is CNCC(=O)c1ccccc1-n1c(C)cn(C)c1=O. The van der Waals surface area contributed by atoms with Crippen molar-refractivity contribution >= 4 is 5.78 Å². The topological polar surface area (TPSA) is 56.0 Å². The molecular formula is C14H17N3O2. The lowest BCUT2D eigenvalue weighted by atomic mass is 10.1. The molecule has 100 valence electrons. The molecule has 0 bridgehead atoms. The van der Waals surface area contributed by atoms with Crippen LogP contribution in [-0.4, -0.2) is 28.5 Å². The van der Waals surface area contributed by atoms with Crippen LogP contribution in [0, 0.1) is 6.92 Å². The van der Waals surface area contributed by atoms with Gasteiger partial charge in [-0.1, -0.05) is 12.1 Å². The van der Waals surface area contributed by atoms with Gasteiger partial charge in [0, 0.05) is 24.5 Å². The van der Waals surface area contributed by atoms with Crippen LogP contribution in [0.5, 0.6) is 0 Å². The Morgan fingerprint density at radius 3 is 2.58 bits per heavy atom. The standard InChI is InChI=1S/C14H17N3O2/c1-10-9-16(3)14(19)17(10)12-7-5-4-6-11(12)13(18)8-15-2/h4-7,9,15H,8H2,1-3H3. The summed E-state index contributed by atoms with van der Waals surface area (Å²) >= 11 is 0. The molecule has 5 nitrogen and oxygen atoms in total. The highest BCUT2D eigenvalue weighted by atomic mass is 16.2. The van der Waals surface area contributed by atoms with E-state index in [1.807, 2.05) is 13.0 Å². The van der Waals surface area contributed by atoms with Crippen LogP contribution in [0.15, 0.2) is 35.3 Å². The molecule has 1 aromatic heterocycles. The Morgan fingerprint density at radius 1 is 1.32 bits per heavy atom. The monoisotopic (exact) mass is 259 g/mol. The first-order valence-corrected chi connectivity index (χ1v) is 6.08. The maximum absolute atomic E-state index is 12.1. The molecule has 0 atom stereocenters. The van der Waals surface area contributed by atoms with Crippen LogP contribution >= 0.6 is 0 Å². The van der Waals surface area contributed by atoms with Gasteiger partial charge >= 0.3 is 5.69 Å². The van der Waals surface area contributed by atoms with Gasteiger partial charge in [-0.25, -0.2) is 4.79 Å². The number of hydrogen-bond acceptors (Lipinski definition) is 3. The van der Waals surface area contributed by atoms with Crippen LogP contribution < -0.4 is 11.0 Å². The van der Waals surface area contributed by atoms with Crippen molar-refractivity contribution in [3.05, 3.63) is 52.2 Å². The highest BCUT2D eigenvalue weighted by Crippen LogP contribution is 2.15. The summed E-state index contributed by atoms with van der Waals surface area (Å²) in [6.45, 7) is 2.10. The summed E-state index contributed by atoms with van der Waals surface area (Å²) in [6, 6.07) is 7.16. The first-order chi connectivity index (χ1) is 9.06. The largest absolute Gasteiger partial charge is 0.332 e. The number of imidazole rings is 1. The number of ketones is 1. The molecule has 0 aliphatic rings. The lowest BCUT2D eigenvalue weighted by Gasteiger charge is -2.10. The van der Waals surface area contributed by atoms with Crippen molar-refractivity contribution in [2.24, 2.45) is 7.05 Å². The van der Waals surface area contributed by atoms with E-state index >= 15 is 0 Å². The number of aryl methyl sites for hydroxylation is 2. The molecule has 1 heterocycles. The van der Waals surface area contributed by atoms with E-state index in [9.17, 15) is 9.59 Å². The maximum atomic E-state index is 12.1. The Morgan fingerprint density at radius 2 is 2.00 bits per heavy atom. The van der Waals surface area contributed by atoms with Crippen molar-refractivity contribution in [3.63, 3.8) is 0 Å².